The van der Waals surface area contributed by atoms with E-state index in [-0.39, 0.29) is 16.9 Å². The summed E-state index contributed by atoms with van der Waals surface area (Å²) >= 11 is 0. The largest absolute Gasteiger partial charge is 0.495 e. The number of nitrogens with two attached hydrogens (primary N) is 2. The van der Waals surface area contributed by atoms with Gasteiger partial charge in [0.25, 0.3) is 0 Å². The van der Waals surface area contributed by atoms with Crippen molar-refractivity contribution in [2.24, 2.45) is 0 Å². The highest BCUT2D eigenvalue weighted by atomic mass is 16.5. The maximum Gasteiger partial charge on any atom is 0.337 e. The summed E-state index contributed by atoms with van der Waals surface area (Å²) in [5.74, 6) is -0.727. The van der Waals surface area contributed by atoms with E-state index in [1.165, 1.54) is 19.2 Å². The molecule has 0 bridgehead atoms. The van der Waals surface area contributed by atoms with Crippen LogP contribution in [0.25, 0.3) is 0 Å². The number of ether oxygens (including phenoxy) is 1. The molecule has 0 heterocycles. The SMILES string of the molecule is COc1ccc(C(=O)O)c(N)c1N. The van der Waals surface area contributed by atoms with Gasteiger partial charge in [0.1, 0.15) is 5.75 Å². The highest BCUT2D eigenvalue weighted by molar-refractivity contribution is 5.97. The third-order valence-corrected chi connectivity index (χ3v) is 1.70. The summed E-state index contributed by atoms with van der Waals surface area (Å²) in [6.45, 7) is 0. The van der Waals surface area contributed by atoms with Gasteiger partial charge in [0.15, 0.2) is 0 Å². The molecule has 0 fully saturated rings. The van der Waals surface area contributed by atoms with Crippen molar-refractivity contribution in [2.75, 3.05) is 18.6 Å². The first-order valence-electron chi connectivity index (χ1n) is 3.53. The Morgan fingerprint density at radius 1 is 1.38 bits per heavy atom. The van der Waals surface area contributed by atoms with E-state index in [0.29, 0.717) is 5.75 Å². The van der Waals surface area contributed by atoms with Crippen LogP contribution in [0.3, 0.4) is 0 Å². The lowest BCUT2D eigenvalue weighted by Gasteiger charge is -2.08. The Bertz CT molecular complexity index is 349. The van der Waals surface area contributed by atoms with Gasteiger partial charge in [0.05, 0.1) is 24.0 Å². The Morgan fingerprint density at radius 3 is 2.46 bits per heavy atom. The van der Waals surface area contributed by atoms with Gasteiger partial charge in [-0.05, 0) is 12.1 Å². The Labute approximate surface area is 74.9 Å². The molecule has 70 valence electrons. The Hall–Kier alpha value is -1.91. The minimum Gasteiger partial charge on any atom is -0.495 e. The lowest BCUT2D eigenvalue weighted by molar-refractivity contribution is 0.0698. The second kappa shape index (κ2) is 3.22. The first-order chi connectivity index (χ1) is 6.07. The number of nitrogen functional groups attached to an aromatic ring is 2. The summed E-state index contributed by atoms with van der Waals surface area (Å²) < 4.78 is 4.86. The van der Waals surface area contributed by atoms with E-state index >= 15 is 0 Å². The zero-order valence-corrected chi connectivity index (χ0v) is 7.07. The van der Waals surface area contributed by atoms with Crippen molar-refractivity contribution < 1.29 is 14.6 Å². The minimum absolute atomic E-state index is 0.0155. The van der Waals surface area contributed by atoms with Crippen molar-refractivity contribution in [3.8, 4) is 5.75 Å². The van der Waals surface area contributed by atoms with Crippen LogP contribution in [0.2, 0.25) is 0 Å². The molecule has 13 heavy (non-hydrogen) atoms. The molecule has 0 unspecified atom stereocenters. The van der Waals surface area contributed by atoms with E-state index < -0.39 is 5.97 Å². The van der Waals surface area contributed by atoms with Crippen LogP contribution < -0.4 is 16.2 Å². The van der Waals surface area contributed by atoms with E-state index in [2.05, 4.69) is 0 Å². The van der Waals surface area contributed by atoms with Gasteiger partial charge < -0.3 is 21.3 Å². The molecule has 0 amide bonds. The molecule has 0 saturated carbocycles. The predicted molar refractivity (Wildman–Crippen MR) is 48.8 cm³/mol. The Kier molecular flexibility index (Phi) is 2.27. The molecule has 1 rings (SSSR count). The van der Waals surface area contributed by atoms with Crippen LogP contribution in [-0.4, -0.2) is 18.2 Å². The van der Waals surface area contributed by atoms with Gasteiger partial charge in [0.2, 0.25) is 0 Å². The lowest BCUT2D eigenvalue weighted by atomic mass is 10.1. The molecule has 5 nitrogen and oxygen atoms in total. The van der Waals surface area contributed by atoms with Crippen molar-refractivity contribution >= 4 is 17.3 Å². The molecule has 0 aliphatic rings. The van der Waals surface area contributed by atoms with Gasteiger partial charge in [-0.3, -0.25) is 0 Å². The van der Waals surface area contributed by atoms with Crippen molar-refractivity contribution in [1.29, 1.82) is 0 Å². The van der Waals surface area contributed by atoms with Crippen LogP contribution in [0.5, 0.6) is 5.75 Å². The lowest BCUT2D eigenvalue weighted by Crippen LogP contribution is -2.06. The molecule has 1 aromatic carbocycles. The molecule has 1 aromatic rings. The molecule has 0 aromatic heterocycles. The molecular formula is C8H10N2O3. The van der Waals surface area contributed by atoms with E-state index in [1.54, 1.807) is 0 Å². The van der Waals surface area contributed by atoms with Crippen LogP contribution in [0.4, 0.5) is 11.4 Å². The van der Waals surface area contributed by atoms with Crippen LogP contribution in [0.15, 0.2) is 12.1 Å². The van der Waals surface area contributed by atoms with Crippen LogP contribution >= 0.6 is 0 Å². The van der Waals surface area contributed by atoms with Gasteiger partial charge in [0, 0.05) is 0 Å². The first kappa shape index (κ1) is 9.18. The second-order valence-corrected chi connectivity index (χ2v) is 2.45. The molecule has 5 N–H and O–H groups in total. The van der Waals surface area contributed by atoms with Gasteiger partial charge in [-0.15, -0.1) is 0 Å². The smallest absolute Gasteiger partial charge is 0.337 e. The number of hydrogen-bond donors (Lipinski definition) is 3. The summed E-state index contributed by atoms with van der Waals surface area (Å²) in [6, 6.07) is 2.82. The highest BCUT2D eigenvalue weighted by Gasteiger charge is 2.12. The topological polar surface area (TPSA) is 98.6 Å². The van der Waals surface area contributed by atoms with Gasteiger partial charge in [-0.25, -0.2) is 4.79 Å². The number of anilines is 2. The summed E-state index contributed by atoms with van der Waals surface area (Å²) in [5, 5.41) is 8.68. The van der Waals surface area contributed by atoms with Crippen molar-refractivity contribution in [2.45, 2.75) is 0 Å². The second-order valence-electron chi connectivity index (χ2n) is 2.45. The fourth-order valence-electron chi connectivity index (χ4n) is 0.981. The average molecular weight is 182 g/mol. The number of benzene rings is 1. The van der Waals surface area contributed by atoms with E-state index in [1.807, 2.05) is 0 Å². The number of carbonyl (C=O) groups is 1. The molecule has 0 saturated heterocycles. The zero-order chi connectivity index (χ0) is 10.0. The molecule has 0 aliphatic carbocycles. The third-order valence-electron chi connectivity index (χ3n) is 1.70. The Morgan fingerprint density at radius 2 is 2.00 bits per heavy atom. The van der Waals surface area contributed by atoms with Crippen LogP contribution in [0.1, 0.15) is 10.4 Å². The number of aromatic carboxylic acids is 1. The van der Waals surface area contributed by atoms with Gasteiger partial charge >= 0.3 is 5.97 Å². The normalized spacial score (nSPS) is 9.62. The highest BCUT2D eigenvalue weighted by Crippen LogP contribution is 2.29. The number of methoxy groups -OCH3 is 1. The monoisotopic (exact) mass is 182 g/mol. The molecule has 5 heteroatoms. The first-order valence-corrected chi connectivity index (χ1v) is 3.53. The minimum atomic E-state index is -1.10. The summed E-state index contributed by atoms with van der Waals surface area (Å²) in [4.78, 5) is 10.6. The Balaban J connectivity index is 3.31. The number of rotatable bonds is 2. The molecule has 0 spiro atoms. The zero-order valence-electron chi connectivity index (χ0n) is 7.07. The number of carboxylic acids is 1. The average Bonchev–Trinajstić information content (AvgIpc) is 2.09. The molecule has 0 aliphatic heterocycles. The van der Waals surface area contributed by atoms with Crippen molar-refractivity contribution in [3.63, 3.8) is 0 Å². The van der Waals surface area contributed by atoms with Crippen molar-refractivity contribution in [1.82, 2.24) is 0 Å². The maximum absolute atomic E-state index is 10.6. The van der Waals surface area contributed by atoms with Gasteiger partial charge in [-0.1, -0.05) is 0 Å². The number of hydrogen-bond acceptors (Lipinski definition) is 4. The van der Waals surface area contributed by atoms with Gasteiger partial charge in [-0.2, -0.15) is 0 Å². The molecular weight excluding hydrogens is 172 g/mol. The summed E-state index contributed by atoms with van der Waals surface area (Å²) in [6.07, 6.45) is 0. The standard InChI is InChI=1S/C8H10N2O3/c1-13-5-3-2-4(8(11)12)6(9)7(5)10/h2-3H,9-10H2,1H3,(H,11,12). The maximum atomic E-state index is 10.6. The molecule has 0 atom stereocenters. The van der Waals surface area contributed by atoms with Crippen LogP contribution in [-0.2, 0) is 0 Å². The number of carboxylic acid groups (broad SMARTS) is 1. The fourth-order valence-corrected chi connectivity index (χ4v) is 0.981. The summed E-state index contributed by atoms with van der Waals surface area (Å²) in [7, 11) is 1.44. The fraction of sp³-hybridized carbons (Fsp3) is 0.125. The van der Waals surface area contributed by atoms with E-state index in [9.17, 15) is 4.79 Å². The van der Waals surface area contributed by atoms with Crippen molar-refractivity contribution in [3.05, 3.63) is 17.7 Å². The molecule has 0 radical (unpaired) electrons. The van der Waals surface area contributed by atoms with E-state index in [0.717, 1.165) is 0 Å². The van der Waals surface area contributed by atoms with E-state index in [4.69, 9.17) is 21.3 Å². The third kappa shape index (κ3) is 1.48. The summed E-state index contributed by atoms with van der Waals surface area (Å²) in [5.41, 5.74) is 11.2. The quantitative estimate of drug-likeness (QED) is 0.580. The predicted octanol–water partition coefficient (Wildman–Crippen LogP) is 0.558. The van der Waals surface area contributed by atoms with Crippen LogP contribution in [0, 0.1) is 0 Å².